The average molecular weight is 389 g/mol. The first-order valence-corrected chi connectivity index (χ1v) is 8.31. The summed E-state index contributed by atoms with van der Waals surface area (Å²) >= 11 is 10.9. The van der Waals surface area contributed by atoms with Crippen LogP contribution in [0.1, 0.15) is 35.0 Å². The molecule has 1 aromatic heterocycles. The molecule has 0 fully saturated rings. The van der Waals surface area contributed by atoms with Gasteiger partial charge in [0.05, 0.1) is 17.8 Å². The third-order valence-corrected chi connectivity index (χ3v) is 5.60. The molecule has 112 valence electrons. The molecule has 2 rings (SSSR count). The molecule has 0 aliphatic carbocycles. The SMILES string of the molecule is COC(=O)c1sc(-c2ccc(Br)c(Cl)c2)c(C(C)C)c1N. The summed E-state index contributed by atoms with van der Waals surface area (Å²) in [7, 11) is 1.35. The Kier molecular flexibility index (Phi) is 4.96. The number of halogens is 2. The number of ether oxygens (including phenoxy) is 1. The lowest BCUT2D eigenvalue weighted by Crippen LogP contribution is -2.03. The van der Waals surface area contributed by atoms with Gasteiger partial charge in [-0.3, -0.25) is 0 Å². The number of hydrogen-bond acceptors (Lipinski definition) is 4. The van der Waals surface area contributed by atoms with Gasteiger partial charge >= 0.3 is 5.97 Å². The molecule has 3 nitrogen and oxygen atoms in total. The van der Waals surface area contributed by atoms with Crippen LogP contribution in [-0.4, -0.2) is 13.1 Å². The molecule has 0 aliphatic rings. The Bertz CT molecular complexity index is 697. The fourth-order valence-electron chi connectivity index (χ4n) is 2.13. The lowest BCUT2D eigenvalue weighted by Gasteiger charge is -2.09. The molecule has 2 N–H and O–H groups in total. The van der Waals surface area contributed by atoms with Crippen molar-refractivity contribution in [1.29, 1.82) is 0 Å². The van der Waals surface area contributed by atoms with E-state index in [0.717, 1.165) is 20.5 Å². The molecule has 0 saturated carbocycles. The molecule has 1 heterocycles. The van der Waals surface area contributed by atoms with Crippen molar-refractivity contribution >= 4 is 50.5 Å². The van der Waals surface area contributed by atoms with Gasteiger partial charge in [0.25, 0.3) is 0 Å². The van der Waals surface area contributed by atoms with Gasteiger partial charge in [0.15, 0.2) is 0 Å². The minimum Gasteiger partial charge on any atom is -0.465 e. The Morgan fingerprint density at radius 1 is 1.43 bits per heavy atom. The van der Waals surface area contributed by atoms with Crippen molar-refractivity contribution in [2.75, 3.05) is 12.8 Å². The Hall–Kier alpha value is -1.04. The van der Waals surface area contributed by atoms with E-state index in [-0.39, 0.29) is 5.92 Å². The monoisotopic (exact) mass is 387 g/mol. The molecule has 0 amide bonds. The minimum atomic E-state index is -0.408. The lowest BCUT2D eigenvalue weighted by atomic mass is 9.98. The van der Waals surface area contributed by atoms with Crippen molar-refractivity contribution in [2.45, 2.75) is 19.8 Å². The van der Waals surface area contributed by atoms with Crippen LogP contribution in [0, 0.1) is 0 Å². The smallest absolute Gasteiger partial charge is 0.350 e. The third kappa shape index (κ3) is 3.10. The van der Waals surface area contributed by atoms with Gasteiger partial charge in [-0.05, 0) is 45.1 Å². The molecule has 0 saturated heterocycles. The number of methoxy groups -OCH3 is 1. The summed E-state index contributed by atoms with van der Waals surface area (Å²) in [6, 6.07) is 5.70. The van der Waals surface area contributed by atoms with E-state index in [1.807, 2.05) is 32.0 Å². The molecule has 1 aromatic carbocycles. The van der Waals surface area contributed by atoms with Crippen molar-refractivity contribution in [3.63, 3.8) is 0 Å². The Balaban J connectivity index is 2.67. The minimum absolute atomic E-state index is 0.192. The Morgan fingerprint density at radius 2 is 2.10 bits per heavy atom. The van der Waals surface area contributed by atoms with Crippen LogP contribution in [0.2, 0.25) is 5.02 Å². The van der Waals surface area contributed by atoms with Crippen LogP contribution in [-0.2, 0) is 4.74 Å². The van der Waals surface area contributed by atoms with Crippen LogP contribution in [0.4, 0.5) is 5.69 Å². The predicted octanol–water partition coefficient (Wildman–Crippen LogP) is 5.32. The van der Waals surface area contributed by atoms with E-state index >= 15 is 0 Å². The zero-order valence-corrected chi connectivity index (χ0v) is 15.0. The second-order valence-corrected chi connectivity index (χ2v) is 7.14. The number of benzene rings is 1. The van der Waals surface area contributed by atoms with Gasteiger partial charge in [0.2, 0.25) is 0 Å². The molecule has 21 heavy (non-hydrogen) atoms. The Morgan fingerprint density at radius 3 is 2.62 bits per heavy atom. The van der Waals surface area contributed by atoms with Crippen LogP contribution in [0.5, 0.6) is 0 Å². The van der Waals surface area contributed by atoms with Crippen molar-refractivity contribution in [2.24, 2.45) is 0 Å². The third-order valence-electron chi connectivity index (χ3n) is 3.11. The molecule has 0 radical (unpaired) electrons. The van der Waals surface area contributed by atoms with Crippen molar-refractivity contribution in [1.82, 2.24) is 0 Å². The van der Waals surface area contributed by atoms with Gasteiger partial charge in [-0.1, -0.05) is 31.5 Å². The predicted molar refractivity (Wildman–Crippen MR) is 92.3 cm³/mol. The zero-order chi connectivity index (χ0) is 15.7. The highest BCUT2D eigenvalue weighted by Crippen LogP contribution is 2.44. The number of nitrogens with two attached hydrogens (primary N) is 1. The van der Waals surface area contributed by atoms with E-state index in [1.165, 1.54) is 18.4 Å². The highest BCUT2D eigenvalue weighted by molar-refractivity contribution is 9.10. The maximum absolute atomic E-state index is 11.8. The zero-order valence-electron chi connectivity index (χ0n) is 11.9. The average Bonchev–Trinajstić information content (AvgIpc) is 2.78. The van der Waals surface area contributed by atoms with Gasteiger partial charge in [0.1, 0.15) is 4.88 Å². The van der Waals surface area contributed by atoms with E-state index < -0.39 is 5.97 Å². The number of esters is 1. The number of carbonyl (C=O) groups is 1. The van der Waals surface area contributed by atoms with Gasteiger partial charge in [0, 0.05) is 9.35 Å². The molecular weight excluding hydrogens is 374 g/mol. The number of hydrogen-bond donors (Lipinski definition) is 1. The number of carbonyl (C=O) groups excluding carboxylic acids is 1. The number of nitrogen functional groups attached to an aromatic ring is 1. The molecule has 2 aromatic rings. The maximum atomic E-state index is 11.8. The van der Waals surface area contributed by atoms with E-state index in [2.05, 4.69) is 15.9 Å². The van der Waals surface area contributed by atoms with Gasteiger partial charge in [-0.2, -0.15) is 0 Å². The summed E-state index contributed by atoms with van der Waals surface area (Å²) in [6.07, 6.45) is 0. The summed E-state index contributed by atoms with van der Waals surface area (Å²) < 4.78 is 5.63. The Labute approximate surface area is 141 Å². The molecule has 0 unspecified atom stereocenters. The fraction of sp³-hybridized carbons (Fsp3) is 0.267. The fourth-order valence-corrected chi connectivity index (χ4v) is 3.84. The van der Waals surface area contributed by atoms with Gasteiger partial charge in [-0.15, -0.1) is 11.3 Å². The molecule has 0 atom stereocenters. The molecule has 0 aliphatic heterocycles. The summed E-state index contributed by atoms with van der Waals surface area (Å²) in [5, 5.41) is 0.619. The second-order valence-electron chi connectivity index (χ2n) is 4.86. The first-order valence-electron chi connectivity index (χ1n) is 6.32. The van der Waals surface area contributed by atoms with Crippen molar-refractivity contribution in [3.8, 4) is 10.4 Å². The molecule has 0 bridgehead atoms. The molecule has 0 spiro atoms. The second kappa shape index (κ2) is 6.38. The van der Waals surface area contributed by atoms with Crippen LogP contribution in [0.25, 0.3) is 10.4 Å². The first kappa shape index (κ1) is 16.3. The number of thiophene rings is 1. The maximum Gasteiger partial charge on any atom is 0.350 e. The molecular formula is C15H15BrClNO2S. The van der Waals surface area contributed by atoms with Crippen LogP contribution in [0.3, 0.4) is 0 Å². The summed E-state index contributed by atoms with van der Waals surface area (Å²) in [6.45, 7) is 4.09. The first-order chi connectivity index (χ1) is 9.86. The summed E-state index contributed by atoms with van der Waals surface area (Å²) in [5.74, 6) is -0.217. The van der Waals surface area contributed by atoms with Crippen LogP contribution in [0.15, 0.2) is 22.7 Å². The van der Waals surface area contributed by atoms with Crippen molar-refractivity contribution < 1.29 is 9.53 Å². The van der Waals surface area contributed by atoms with E-state index in [0.29, 0.717) is 15.6 Å². The standard InChI is InChI=1S/C15H15BrClNO2S/c1-7(2)11-12(18)14(15(19)20-3)21-13(11)8-4-5-9(16)10(17)6-8/h4-7H,18H2,1-3H3. The summed E-state index contributed by atoms with van der Waals surface area (Å²) in [4.78, 5) is 13.2. The highest BCUT2D eigenvalue weighted by atomic mass is 79.9. The van der Waals surface area contributed by atoms with Gasteiger partial charge < -0.3 is 10.5 Å². The highest BCUT2D eigenvalue weighted by Gasteiger charge is 2.24. The topological polar surface area (TPSA) is 52.3 Å². The van der Waals surface area contributed by atoms with E-state index in [9.17, 15) is 4.79 Å². The largest absolute Gasteiger partial charge is 0.465 e. The lowest BCUT2D eigenvalue weighted by molar-refractivity contribution is 0.0607. The van der Waals surface area contributed by atoms with Gasteiger partial charge in [-0.25, -0.2) is 4.79 Å². The van der Waals surface area contributed by atoms with E-state index in [4.69, 9.17) is 22.1 Å². The van der Waals surface area contributed by atoms with Crippen LogP contribution >= 0.6 is 38.9 Å². The number of rotatable bonds is 3. The van der Waals surface area contributed by atoms with E-state index in [1.54, 1.807) is 0 Å². The van der Waals surface area contributed by atoms with Crippen LogP contribution < -0.4 is 5.73 Å². The quantitative estimate of drug-likeness (QED) is 0.724. The normalized spacial score (nSPS) is 11.0. The number of anilines is 1. The molecule has 6 heteroatoms. The van der Waals surface area contributed by atoms with Crippen molar-refractivity contribution in [3.05, 3.63) is 38.1 Å². The summed E-state index contributed by atoms with van der Waals surface area (Å²) in [5.41, 5.74) is 8.55.